The molecule has 8 heteroatoms. The fourth-order valence-electron chi connectivity index (χ4n) is 4.34. The number of methoxy groups -OCH3 is 2. The first-order valence-corrected chi connectivity index (χ1v) is 10.4. The van der Waals surface area contributed by atoms with E-state index in [4.69, 9.17) is 18.6 Å². The van der Waals surface area contributed by atoms with E-state index in [2.05, 4.69) is 0 Å². The van der Waals surface area contributed by atoms with Crippen LogP contribution in [0.5, 0.6) is 28.7 Å². The molecule has 4 aromatic rings. The average molecular weight is 460 g/mol. The first kappa shape index (κ1) is 21.4. The summed E-state index contributed by atoms with van der Waals surface area (Å²) in [5.41, 5.74) is 1.55. The molecule has 2 heterocycles. The largest absolute Gasteiger partial charge is 0.508 e. The van der Waals surface area contributed by atoms with Crippen LogP contribution in [0.25, 0.3) is 22.1 Å². The third-order valence-electron chi connectivity index (χ3n) is 5.96. The van der Waals surface area contributed by atoms with Crippen LogP contribution in [0.3, 0.4) is 0 Å². The number of esters is 1. The highest BCUT2D eigenvalue weighted by atomic mass is 16.5. The summed E-state index contributed by atoms with van der Waals surface area (Å²) in [5.74, 6) is -0.152. The third-order valence-corrected chi connectivity index (χ3v) is 5.96. The molecule has 5 rings (SSSR count). The number of ether oxygens (including phenoxy) is 3. The fraction of sp³-hybridized carbons (Fsp3) is 0.154. The SMILES string of the molecule is COc1ccc(C2CC(=O)Oc3cc(O)c4c(=O)c(-c5ccc(O)cc5)coc4c32)c(OC)c1. The molecule has 1 unspecified atom stereocenters. The van der Waals surface area contributed by atoms with Crippen LogP contribution in [0.15, 0.2) is 64.0 Å². The Kier molecular flexibility index (Phi) is 5.13. The summed E-state index contributed by atoms with van der Waals surface area (Å²) in [6.45, 7) is 0. The molecule has 0 amide bonds. The highest BCUT2D eigenvalue weighted by Gasteiger charge is 2.35. The summed E-state index contributed by atoms with van der Waals surface area (Å²) in [6.07, 6.45) is 1.29. The van der Waals surface area contributed by atoms with E-state index in [0.717, 1.165) is 0 Å². The highest BCUT2D eigenvalue weighted by Crippen LogP contribution is 2.48. The van der Waals surface area contributed by atoms with Gasteiger partial charge in [0.05, 0.1) is 26.2 Å². The topological polar surface area (TPSA) is 115 Å². The summed E-state index contributed by atoms with van der Waals surface area (Å²) < 4.78 is 22.1. The number of benzene rings is 3. The zero-order chi connectivity index (χ0) is 24.0. The average Bonchev–Trinajstić information content (AvgIpc) is 2.83. The molecular weight excluding hydrogens is 440 g/mol. The van der Waals surface area contributed by atoms with Crippen molar-refractivity contribution in [2.45, 2.75) is 12.3 Å². The molecule has 1 aliphatic rings. The van der Waals surface area contributed by atoms with Crippen LogP contribution in [0.1, 0.15) is 23.5 Å². The van der Waals surface area contributed by atoms with Crippen molar-refractivity contribution in [3.05, 3.63) is 76.1 Å². The maximum Gasteiger partial charge on any atom is 0.312 e. The lowest BCUT2D eigenvalue weighted by atomic mass is 9.84. The van der Waals surface area contributed by atoms with Crippen molar-refractivity contribution in [1.29, 1.82) is 0 Å². The molecule has 2 N–H and O–H groups in total. The van der Waals surface area contributed by atoms with Crippen molar-refractivity contribution in [1.82, 2.24) is 0 Å². The van der Waals surface area contributed by atoms with Gasteiger partial charge in [0, 0.05) is 29.2 Å². The molecule has 172 valence electrons. The molecule has 1 atom stereocenters. The van der Waals surface area contributed by atoms with Gasteiger partial charge in [0.1, 0.15) is 46.0 Å². The molecule has 0 saturated carbocycles. The van der Waals surface area contributed by atoms with Crippen molar-refractivity contribution in [3.63, 3.8) is 0 Å². The van der Waals surface area contributed by atoms with E-state index in [1.807, 2.05) is 0 Å². The van der Waals surface area contributed by atoms with E-state index in [1.54, 1.807) is 37.4 Å². The Morgan fingerprint density at radius 2 is 1.74 bits per heavy atom. The van der Waals surface area contributed by atoms with Gasteiger partial charge in [-0.1, -0.05) is 18.2 Å². The van der Waals surface area contributed by atoms with Crippen molar-refractivity contribution < 1.29 is 33.6 Å². The number of rotatable bonds is 4. The summed E-state index contributed by atoms with van der Waals surface area (Å²) in [6, 6.07) is 12.6. The lowest BCUT2D eigenvalue weighted by molar-refractivity contribution is -0.135. The fourth-order valence-corrected chi connectivity index (χ4v) is 4.34. The number of carbonyl (C=O) groups excluding carboxylic acids is 1. The van der Waals surface area contributed by atoms with Crippen LogP contribution >= 0.6 is 0 Å². The maximum absolute atomic E-state index is 13.4. The number of hydrogen-bond acceptors (Lipinski definition) is 8. The van der Waals surface area contributed by atoms with E-state index in [0.29, 0.717) is 28.2 Å². The molecular formula is C26H20O8. The van der Waals surface area contributed by atoms with Crippen molar-refractivity contribution in [2.24, 2.45) is 0 Å². The van der Waals surface area contributed by atoms with Crippen LogP contribution in [0.4, 0.5) is 0 Å². The Labute approximate surface area is 193 Å². The minimum atomic E-state index is -0.553. The smallest absolute Gasteiger partial charge is 0.312 e. The zero-order valence-electron chi connectivity index (χ0n) is 18.3. The van der Waals surface area contributed by atoms with Crippen molar-refractivity contribution in [3.8, 4) is 39.9 Å². The van der Waals surface area contributed by atoms with Gasteiger partial charge in [-0.05, 0) is 23.8 Å². The highest BCUT2D eigenvalue weighted by molar-refractivity contribution is 5.94. The summed E-state index contributed by atoms with van der Waals surface area (Å²) in [7, 11) is 3.05. The molecule has 0 spiro atoms. The Morgan fingerprint density at radius 1 is 0.971 bits per heavy atom. The Balaban J connectivity index is 1.77. The molecule has 0 fully saturated rings. The monoisotopic (exact) mass is 460 g/mol. The standard InChI is InChI=1S/C26H20O8/c1-31-15-7-8-16(20(9-15)32-2)17-10-22(29)34-21-11-19(28)24-25(30)18(12-33-26(24)23(17)21)13-3-5-14(27)6-4-13/h3-9,11-12,17,27-28H,10H2,1-2H3. The van der Waals surface area contributed by atoms with Crippen LogP contribution in [-0.4, -0.2) is 30.4 Å². The molecule has 0 saturated heterocycles. The second-order valence-electron chi connectivity index (χ2n) is 7.88. The Morgan fingerprint density at radius 3 is 2.44 bits per heavy atom. The molecule has 1 aromatic heterocycles. The lowest BCUT2D eigenvalue weighted by Crippen LogP contribution is -2.22. The molecule has 0 radical (unpaired) electrons. The molecule has 0 aliphatic carbocycles. The predicted octanol–water partition coefficient (Wildman–Crippen LogP) is 4.33. The van der Waals surface area contributed by atoms with E-state index in [9.17, 15) is 19.8 Å². The molecule has 8 nitrogen and oxygen atoms in total. The van der Waals surface area contributed by atoms with Gasteiger partial charge >= 0.3 is 5.97 Å². The Bertz CT molecular complexity index is 1480. The second kappa shape index (κ2) is 8.15. The minimum Gasteiger partial charge on any atom is -0.508 e. The van der Waals surface area contributed by atoms with E-state index in [-0.39, 0.29) is 40.2 Å². The van der Waals surface area contributed by atoms with E-state index >= 15 is 0 Å². The zero-order valence-corrected chi connectivity index (χ0v) is 18.3. The minimum absolute atomic E-state index is 0.0149. The normalized spacial score (nSPS) is 15.0. The number of aromatic hydroxyl groups is 2. The maximum atomic E-state index is 13.4. The number of phenolic OH excluding ortho intramolecular Hbond substituents is 2. The van der Waals surface area contributed by atoms with Crippen molar-refractivity contribution >= 4 is 16.9 Å². The van der Waals surface area contributed by atoms with Crippen LogP contribution < -0.4 is 19.6 Å². The molecule has 1 aliphatic heterocycles. The molecule has 0 bridgehead atoms. The lowest BCUT2D eigenvalue weighted by Gasteiger charge is -2.27. The van der Waals surface area contributed by atoms with Crippen LogP contribution in [0.2, 0.25) is 0 Å². The quantitative estimate of drug-likeness (QED) is 0.342. The van der Waals surface area contributed by atoms with Gasteiger partial charge in [-0.15, -0.1) is 0 Å². The van der Waals surface area contributed by atoms with E-state index < -0.39 is 17.3 Å². The number of fused-ring (bicyclic) bond motifs is 3. The first-order valence-electron chi connectivity index (χ1n) is 10.4. The second-order valence-corrected chi connectivity index (χ2v) is 7.88. The predicted molar refractivity (Wildman–Crippen MR) is 123 cm³/mol. The van der Waals surface area contributed by atoms with Gasteiger partial charge in [-0.2, -0.15) is 0 Å². The van der Waals surface area contributed by atoms with Crippen LogP contribution in [-0.2, 0) is 4.79 Å². The van der Waals surface area contributed by atoms with Gasteiger partial charge in [0.15, 0.2) is 0 Å². The van der Waals surface area contributed by atoms with Gasteiger partial charge in [0.2, 0.25) is 5.43 Å². The van der Waals surface area contributed by atoms with Crippen molar-refractivity contribution in [2.75, 3.05) is 14.2 Å². The summed E-state index contributed by atoms with van der Waals surface area (Å²) >= 11 is 0. The summed E-state index contributed by atoms with van der Waals surface area (Å²) in [4.78, 5) is 25.8. The first-order chi connectivity index (χ1) is 16.4. The van der Waals surface area contributed by atoms with Gasteiger partial charge < -0.3 is 28.8 Å². The van der Waals surface area contributed by atoms with Gasteiger partial charge in [-0.25, -0.2) is 0 Å². The molecule has 3 aromatic carbocycles. The number of phenols is 2. The Hall–Kier alpha value is -4.46. The van der Waals surface area contributed by atoms with Gasteiger partial charge in [-0.3, -0.25) is 9.59 Å². The molecule has 34 heavy (non-hydrogen) atoms. The third kappa shape index (κ3) is 3.40. The van der Waals surface area contributed by atoms with Gasteiger partial charge in [0.25, 0.3) is 0 Å². The summed E-state index contributed by atoms with van der Waals surface area (Å²) in [5, 5.41) is 20.2. The number of hydrogen-bond donors (Lipinski definition) is 2. The van der Waals surface area contributed by atoms with Crippen LogP contribution in [0, 0.1) is 0 Å². The number of carbonyl (C=O) groups is 1. The van der Waals surface area contributed by atoms with E-state index in [1.165, 1.54) is 31.6 Å².